The van der Waals surface area contributed by atoms with E-state index in [1.165, 1.54) is 7.11 Å². The van der Waals surface area contributed by atoms with E-state index in [0.717, 1.165) is 16.9 Å². The van der Waals surface area contributed by atoms with Crippen molar-refractivity contribution in [2.75, 3.05) is 20.3 Å². The third kappa shape index (κ3) is 3.18. The van der Waals surface area contributed by atoms with Gasteiger partial charge in [-0.1, -0.05) is 24.3 Å². The molecule has 3 rings (SSSR count). The van der Waals surface area contributed by atoms with Gasteiger partial charge in [-0.05, 0) is 30.7 Å². The van der Waals surface area contributed by atoms with Gasteiger partial charge >= 0.3 is 0 Å². The number of hydrogen-bond donors (Lipinski definition) is 1. The summed E-state index contributed by atoms with van der Waals surface area (Å²) >= 11 is 0. The van der Waals surface area contributed by atoms with E-state index < -0.39 is 10.0 Å². The van der Waals surface area contributed by atoms with Crippen molar-refractivity contribution in [3.8, 4) is 11.5 Å². The van der Waals surface area contributed by atoms with Gasteiger partial charge < -0.3 is 9.47 Å². The first-order chi connectivity index (χ1) is 11.0. The predicted molar refractivity (Wildman–Crippen MR) is 87.6 cm³/mol. The summed E-state index contributed by atoms with van der Waals surface area (Å²) in [4.78, 5) is 0.159. The maximum atomic E-state index is 12.6. The molecule has 0 spiro atoms. The lowest BCUT2D eigenvalue weighted by atomic mass is 10.0. The van der Waals surface area contributed by atoms with Gasteiger partial charge in [-0.15, -0.1) is 0 Å². The minimum atomic E-state index is -3.65. The molecule has 1 aliphatic rings. The van der Waals surface area contributed by atoms with Gasteiger partial charge in [0.1, 0.15) is 16.4 Å². The molecule has 2 aromatic rings. The first kappa shape index (κ1) is 15.8. The zero-order valence-corrected chi connectivity index (χ0v) is 13.9. The van der Waals surface area contributed by atoms with E-state index in [2.05, 4.69) is 4.72 Å². The van der Waals surface area contributed by atoms with Crippen LogP contribution >= 0.6 is 0 Å². The van der Waals surface area contributed by atoms with Crippen LogP contribution < -0.4 is 14.2 Å². The third-order valence-electron chi connectivity index (χ3n) is 3.93. The summed E-state index contributed by atoms with van der Waals surface area (Å²) < 4.78 is 38.6. The third-order valence-corrected chi connectivity index (χ3v) is 5.37. The number of para-hydroxylation sites is 1. The van der Waals surface area contributed by atoms with E-state index in [1.54, 1.807) is 12.1 Å². The minimum absolute atomic E-state index is 0.0109. The van der Waals surface area contributed by atoms with Crippen LogP contribution in [0, 0.1) is 6.92 Å². The smallest absolute Gasteiger partial charge is 0.244 e. The van der Waals surface area contributed by atoms with Crippen molar-refractivity contribution in [2.45, 2.75) is 17.7 Å². The second kappa shape index (κ2) is 6.22. The van der Waals surface area contributed by atoms with Crippen LogP contribution in [0.3, 0.4) is 0 Å². The molecule has 0 radical (unpaired) electrons. The Balaban J connectivity index is 1.79. The summed E-state index contributed by atoms with van der Waals surface area (Å²) in [6, 6.07) is 12.8. The van der Waals surface area contributed by atoms with Gasteiger partial charge in [0.15, 0.2) is 0 Å². The highest BCUT2D eigenvalue weighted by Gasteiger charge is 2.27. The highest BCUT2D eigenvalue weighted by molar-refractivity contribution is 7.89. The molecule has 0 saturated carbocycles. The van der Waals surface area contributed by atoms with Crippen LogP contribution in [0.25, 0.3) is 0 Å². The normalized spacial score (nSPS) is 16.7. The predicted octanol–water partition coefficient (Wildman–Crippen LogP) is 2.46. The van der Waals surface area contributed by atoms with Gasteiger partial charge in [0.05, 0.1) is 13.7 Å². The molecule has 5 nitrogen and oxygen atoms in total. The van der Waals surface area contributed by atoms with Gasteiger partial charge in [-0.2, -0.15) is 0 Å². The quantitative estimate of drug-likeness (QED) is 0.913. The number of ether oxygens (including phenoxy) is 2. The Kier molecular flexibility index (Phi) is 4.28. The summed E-state index contributed by atoms with van der Waals surface area (Å²) in [5.41, 5.74) is 1.90. The van der Waals surface area contributed by atoms with Crippen molar-refractivity contribution in [1.82, 2.24) is 4.72 Å². The number of hydrogen-bond acceptors (Lipinski definition) is 4. The second-order valence-corrected chi connectivity index (χ2v) is 7.29. The van der Waals surface area contributed by atoms with E-state index >= 15 is 0 Å². The van der Waals surface area contributed by atoms with Crippen molar-refractivity contribution in [1.29, 1.82) is 0 Å². The number of aryl methyl sites for hydroxylation is 1. The van der Waals surface area contributed by atoms with Crippen molar-refractivity contribution in [3.63, 3.8) is 0 Å². The Labute approximate surface area is 136 Å². The minimum Gasteiger partial charge on any atom is -0.495 e. The molecule has 1 aliphatic heterocycles. The molecule has 0 amide bonds. The van der Waals surface area contributed by atoms with Crippen LogP contribution in [0.4, 0.5) is 0 Å². The average Bonchev–Trinajstić information content (AvgIpc) is 2.96. The Bertz CT molecular complexity index is 817. The van der Waals surface area contributed by atoms with Crippen LogP contribution in [0.5, 0.6) is 11.5 Å². The van der Waals surface area contributed by atoms with Gasteiger partial charge in [0, 0.05) is 18.0 Å². The molecule has 1 unspecified atom stereocenters. The topological polar surface area (TPSA) is 64.6 Å². The Morgan fingerprint density at radius 1 is 1.26 bits per heavy atom. The van der Waals surface area contributed by atoms with Crippen LogP contribution in [-0.4, -0.2) is 28.7 Å². The van der Waals surface area contributed by atoms with Crippen LogP contribution in [0.1, 0.15) is 17.0 Å². The molecule has 23 heavy (non-hydrogen) atoms. The molecule has 0 fully saturated rings. The first-order valence-electron chi connectivity index (χ1n) is 7.37. The summed E-state index contributed by atoms with van der Waals surface area (Å²) in [5, 5.41) is 0. The molecule has 0 aromatic heterocycles. The fourth-order valence-corrected chi connectivity index (χ4v) is 4.01. The number of benzene rings is 2. The van der Waals surface area contributed by atoms with Crippen LogP contribution in [0.2, 0.25) is 0 Å². The molecule has 1 atom stereocenters. The van der Waals surface area contributed by atoms with E-state index in [4.69, 9.17) is 9.47 Å². The molecule has 0 bridgehead atoms. The fourth-order valence-electron chi connectivity index (χ4n) is 2.68. The highest BCUT2D eigenvalue weighted by Crippen LogP contribution is 2.33. The van der Waals surface area contributed by atoms with Gasteiger partial charge in [-0.25, -0.2) is 13.1 Å². The van der Waals surface area contributed by atoms with Crippen LogP contribution in [0.15, 0.2) is 47.4 Å². The maximum Gasteiger partial charge on any atom is 0.244 e. The van der Waals surface area contributed by atoms with Crippen LogP contribution in [-0.2, 0) is 10.0 Å². The van der Waals surface area contributed by atoms with Gasteiger partial charge in [-0.3, -0.25) is 0 Å². The molecular weight excluding hydrogens is 314 g/mol. The molecule has 2 aromatic carbocycles. The molecule has 122 valence electrons. The summed E-state index contributed by atoms with van der Waals surface area (Å²) in [5.74, 6) is 1.17. The van der Waals surface area contributed by atoms with E-state index in [0.29, 0.717) is 12.4 Å². The first-order valence-corrected chi connectivity index (χ1v) is 8.85. The number of nitrogens with one attached hydrogen (secondary N) is 1. The number of sulfonamides is 1. The molecule has 0 saturated heterocycles. The lowest BCUT2D eigenvalue weighted by molar-refractivity contribution is 0.330. The SMILES string of the molecule is COc1ccc(C)cc1S(=O)(=O)NCC1COc2ccccc21. The Hall–Kier alpha value is -2.05. The number of fused-ring (bicyclic) bond motifs is 1. The average molecular weight is 333 g/mol. The fraction of sp³-hybridized carbons (Fsp3) is 0.294. The molecule has 1 N–H and O–H groups in total. The largest absolute Gasteiger partial charge is 0.495 e. The van der Waals surface area contributed by atoms with Crippen molar-refractivity contribution in [3.05, 3.63) is 53.6 Å². The van der Waals surface area contributed by atoms with Crippen molar-refractivity contribution < 1.29 is 17.9 Å². The van der Waals surface area contributed by atoms with Crippen molar-refractivity contribution in [2.24, 2.45) is 0 Å². The monoisotopic (exact) mass is 333 g/mol. The Morgan fingerprint density at radius 3 is 2.83 bits per heavy atom. The summed E-state index contributed by atoms with van der Waals surface area (Å²) in [6.07, 6.45) is 0. The lowest BCUT2D eigenvalue weighted by Crippen LogP contribution is -2.29. The summed E-state index contributed by atoms with van der Waals surface area (Å²) in [7, 11) is -2.18. The van der Waals surface area contributed by atoms with Gasteiger partial charge in [0.2, 0.25) is 10.0 Å². The molecule has 0 aliphatic carbocycles. The van der Waals surface area contributed by atoms with Gasteiger partial charge in [0.25, 0.3) is 0 Å². The number of methoxy groups -OCH3 is 1. The summed E-state index contributed by atoms with van der Waals surface area (Å²) in [6.45, 7) is 2.61. The maximum absolute atomic E-state index is 12.6. The standard InChI is InChI=1S/C17H19NO4S/c1-12-7-8-16(21-2)17(9-12)23(19,20)18-10-13-11-22-15-6-4-3-5-14(13)15/h3-9,13,18H,10-11H2,1-2H3. The Morgan fingerprint density at radius 2 is 2.04 bits per heavy atom. The second-order valence-electron chi connectivity index (χ2n) is 5.55. The van der Waals surface area contributed by atoms with Crippen molar-refractivity contribution >= 4 is 10.0 Å². The lowest BCUT2D eigenvalue weighted by Gasteiger charge is -2.14. The highest BCUT2D eigenvalue weighted by atomic mass is 32.2. The zero-order chi connectivity index (χ0) is 16.4. The zero-order valence-electron chi connectivity index (χ0n) is 13.1. The van der Waals surface area contributed by atoms with E-state index in [1.807, 2.05) is 37.3 Å². The molecule has 6 heteroatoms. The molecular formula is C17H19NO4S. The molecule has 1 heterocycles. The van der Waals surface area contributed by atoms with E-state index in [-0.39, 0.29) is 17.4 Å². The van der Waals surface area contributed by atoms with E-state index in [9.17, 15) is 8.42 Å². The number of rotatable bonds is 5.